The molecule has 1 aliphatic heterocycles. The van der Waals surface area contributed by atoms with Crippen molar-refractivity contribution in [2.75, 3.05) is 17.2 Å². The van der Waals surface area contributed by atoms with Gasteiger partial charge in [0.1, 0.15) is 0 Å². The normalized spacial score (nSPS) is 23.9. The van der Waals surface area contributed by atoms with E-state index in [4.69, 9.17) is 10.9 Å². The van der Waals surface area contributed by atoms with E-state index in [9.17, 15) is 8.42 Å². The van der Waals surface area contributed by atoms with Crippen molar-refractivity contribution in [1.82, 2.24) is 0 Å². The van der Waals surface area contributed by atoms with Gasteiger partial charge in [-0.05, 0) is 49.8 Å². The first-order valence-corrected chi connectivity index (χ1v) is 9.20. The number of hydrogen-bond acceptors (Lipinski definition) is 4. The lowest BCUT2D eigenvalue weighted by atomic mass is 9.95. The highest BCUT2D eigenvalue weighted by Crippen LogP contribution is 2.38. The van der Waals surface area contributed by atoms with Crippen molar-refractivity contribution in [1.29, 1.82) is 0 Å². The summed E-state index contributed by atoms with van der Waals surface area (Å²) in [5.41, 5.74) is 7.23. The summed E-state index contributed by atoms with van der Waals surface area (Å²) in [4.78, 5) is 2.44. The van der Waals surface area contributed by atoms with Crippen molar-refractivity contribution >= 4 is 21.4 Å². The van der Waals surface area contributed by atoms with Gasteiger partial charge in [0.25, 0.3) is 0 Å². The molecule has 0 spiro atoms. The van der Waals surface area contributed by atoms with E-state index in [1.54, 1.807) is 6.07 Å². The second-order valence-corrected chi connectivity index (χ2v) is 7.81. The smallest absolute Gasteiger partial charge is 0.238 e. The molecule has 1 aliphatic carbocycles. The highest BCUT2D eigenvalue weighted by atomic mass is 32.2. The molecule has 21 heavy (non-hydrogen) atoms. The van der Waals surface area contributed by atoms with Crippen LogP contribution in [-0.4, -0.2) is 21.0 Å². The molecule has 1 saturated heterocycles. The molecule has 2 aliphatic rings. The minimum atomic E-state index is -3.72. The topological polar surface area (TPSA) is 89.4 Å². The van der Waals surface area contributed by atoms with E-state index in [1.807, 2.05) is 6.07 Å². The van der Waals surface area contributed by atoms with Crippen molar-refractivity contribution in [2.45, 2.75) is 49.5 Å². The van der Waals surface area contributed by atoms with E-state index in [-0.39, 0.29) is 4.90 Å². The molecule has 0 bridgehead atoms. The lowest BCUT2D eigenvalue weighted by molar-refractivity contribution is 0.430. The molecular weight excluding hydrogens is 286 g/mol. The van der Waals surface area contributed by atoms with Crippen LogP contribution in [0, 0.1) is 5.92 Å². The molecule has 116 valence electrons. The maximum Gasteiger partial charge on any atom is 0.238 e. The summed E-state index contributed by atoms with van der Waals surface area (Å²) in [6.45, 7) is 0.967. The second-order valence-electron chi connectivity index (χ2n) is 6.25. The summed E-state index contributed by atoms with van der Waals surface area (Å²) in [6.07, 6.45) is 7.53. The number of nitrogen functional groups attached to an aromatic ring is 1. The van der Waals surface area contributed by atoms with Crippen molar-refractivity contribution in [3.05, 3.63) is 18.2 Å². The number of anilines is 2. The molecule has 4 N–H and O–H groups in total. The third-order valence-electron chi connectivity index (χ3n) is 4.82. The Kier molecular flexibility index (Phi) is 3.84. The van der Waals surface area contributed by atoms with Gasteiger partial charge in [0, 0.05) is 24.0 Å². The number of sulfonamides is 1. The summed E-state index contributed by atoms with van der Waals surface area (Å²) in [5.74, 6) is 0.729. The zero-order valence-corrected chi connectivity index (χ0v) is 13.0. The van der Waals surface area contributed by atoms with Crippen LogP contribution in [-0.2, 0) is 10.0 Å². The lowest BCUT2D eigenvalue weighted by Gasteiger charge is -2.31. The zero-order chi connectivity index (χ0) is 15.0. The standard InChI is InChI=1S/C15H23N3O2S/c16-12-8-13(10-14(9-12)21(17,19)20)18-7-3-6-15(18)11-4-1-2-5-11/h8-11,15H,1-7,16H2,(H2,17,19,20). The van der Waals surface area contributed by atoms with E-state index in [0.29, 0.717) is 11.7 Å². The predicted octanol–water partition coefficient (Wildman–Crippen LogP) is 2.08. The molecule has 3 rings (SSSR count). The Hall–Kier alpha value is -1.27. The van der Waals surface area contributed by atoms with Crippen LogP contribution in [0.15, 0.2) is 23.1 Å². The van der Waals surface area contributed by atoms with Crippen molar-refractivity contribution in [3.63, 3.8) is 0 Å². The Morgan fingerprint density at radius 2 is 1.76 bits per heavy atom. The molecule has 0 radical (unpaired) electrons. The van der Waals surface area contributed by atoms with Crippen LogP contribution < -0.4 is 15.8 Å². The van der Waals surface area contributed by atoms with Gasteiger partial charge in [-0.2, -0.15) is 0 Å². The maximum atomic E-state index is 11.6. The summed E-state index contributed by atoms with van der Waals surface area (Å²) in [7, 11) is -3.72. The van der Waals surface area contributed by atoms with Crippen molar-refractivity contribution in [2.24, 2.45) is 11.1 Å². The number of benzene rings is 1. The molecule has 1 heterocycles. The van der Waals surface area contributed by atoms with E-state index >= 15 is 0 Å². The molecule has 2 fully saturated rings. The number of primary sulfonamides is 1. The quantitative estimate of drug-likeness (QED) is 0.837. The van der Waals surface area contributed by atoms with Crippen LogP contribution in [0.2, 0.25) is 0 Å². The predicted molar refractivity (Wildman–Crippen MR) is 84.6 cm³/mol. The second kappa shape index (κ2) is 5.50. The van der Waals surface area contributed by atoms with Crippen LogP contribution in [0.4, 0.5) is 11.4 Å². The summed E-state index contributed by atoms with van der Waals surface area (Å²) < 4.78 is 23.2. The van der Waals surface area contributed by atoms with Gasteiger partial charge in [-0.25, -0.2) is 13.6 Å². The minimum Gasteiger partial charge on any atom is -0.399 e. The molecule has 0 amide bonds. The monoisotopic (exact) mass is 309 g/mol. The first kappa shape index (κ1) is 14.7. The molecule has 6 heteroatoms. The summed E-state index contributed by atoms with van der Waals surface area (Å²) >= 11 is 0. The van der Waals surface area contributed by atoms with Crippen LogP contribution in [0.25, 0.3) is 0 Å². The van der Waals surface area contributed by atoms with Crippen LogP contribution in [0.1, 0.15) is 38.5 Å². The zero-order valence-electron chi connectivity index (χ0n) is 12.2. The van der Waals surface area contributed by atoms with Crippen LogP contribution >= 0.6 is 0 Å². The highest BCUT2D eigenvalue weighted by molar-refractivity contribution is 7.89. The average Bonchev–Trinajstić information content (AvgIpc) is 3.07. The molecular formula is C15H23N3O2S. The molecule has 1 aromatic carbocycles. The van der Waals surface area contributed by atoms with Crippen molar-refractivity contribution in [3.8, 4) is 0 Å². The Morgan fingerprint density at radius 1 is 1.05 bits per heavy atom. The van der Waals surface area contributed by atoms with E-state index in [0.717, 1.165) is 24.6 Å². The van der Waals surface area contributed by atoms with Gasteiger partial charge in [0.05, 0.1) is 4.90 Å². The molecule has 1 saturated carbocycles. The van der Waals surface area contributed by atoms with Crippen molar-refractivity contribution < 1.29 is 8.42 Å². The molecule has 5 nitrogen and oxygen atoms in total. The lowest BCUT2D eigenvalue weighted by Crippen LogP contribution is -2.34. The Labute approximate surface area is 126 Å². The van der Waals surface area contributed by atoms with Crippen LogP contribution in [0.3, 0.4) is 0 Å². The van der Waals surface area contributed by atoms with Gasteiger partial charge >= 0.3 is 0 Å². The molecule has 1 atom stereocenters. The minimum absolute atomic E-state index is 0.106. The number of nitrogens with two attached hydrogens (primary N) is 2. The maximum absolute atomic E-state index is 11.6. The first-order chi connectivity index (χ1) is 9.95. The van der Waals surface area contributed by atoms with Gasteiger partial charge in [0.2, 0.25) is 10.0 Å². The van der Waals surface area contributed by atoms with E-state index < -0.39 is 10.0 Å². The Bertz CT molecular complexity index is 624. The number of nitrogens with zero attached hydrogens (tertiary/aromatic N) is 1. The van der Waals surface area contributed by atoms with Gasteiger partial charge in [0.15, 0.2) is 0 Å². The van der Waals surface area contributed by atoms with Crippen LogP contribution in [0.5, 0.6) is 0 Å². The van der Waals surface area contributed by atoms with E-state index in [2.05, 4.69) is 4.90 Å². The van der Waals surface area contributed by atoms with Gasteiger partial charge in [-0.3, -0.25) is 0 Å². The fourth-order valence-electron chi connectivity index (χ4n) is 3.88. The molecule has 1 unspecified atom stereocenters. The average molecular weight is 309 g/mol. The van der Waals surface area contributed by atoms with E-state index in [1.165, 1.54) is 38.2 Å². The first-order valence-electron chi connectivity index (χ1n) is 7.65. The summed E-state index contributed by atoms with van der Waals surface area (Å²) in [6, 6.07) is 5.48. The van der Waals surface area contributed by atoms with Gasteiger partial charge < -0.3 is 10.6 Å². The fourth-order valence-corrected chi connectivity index (χ4v) is 4.47. The Balaban J connectivity index is 1.93. The van der Waals surface area contributed by atoms with Gasteiger partial charge in [-0.1, -0.05) is 12.8 Å². The number of rotatable bonds is 3. The van der Waals surface area contributed by atoms with Gasteiger partial charge in [-0.15, -0.1) is 0 Å². The third-order valence-corrected chi connectivity index (χ3v) is 5.71. The fraction of sp³-hybridized carbons (Fsp3) is 0.600. The summed E-state index contributed by atoms with van der Waals surface area (Å²) in [5, 5.41) is 5.25. The molecule has 0 aromatic heterocycles. The third kappa shape index (κ3) is 3.01. The SMILES string of the molecule is Nc1cc(N2CCCC2C2CCCC2)cc(S(N)(=O)=O)c1. The highest BCUT2D eigenvalue weighted by Gasteiger charge is 2.33. The molecule has 1 aromatic rings. The number of hydrogen-bond donors (Lipinski definition) is 2. The Morgan fingerprint density at radius 3 is 2.43 bits per heavy atom. The largest absolute Gasteiger partial charge is 0.399 e.